The summed E-state index contributed by atoms with van der Waals surface area (Å²) in [5, 5.41) is 5.52. The number of para-hydroxylation sites is 1. The Morgan fingerprint density at radius 3 is 2.48 bits per heavy atom. The van der Waals surface area contributed by atoms with E-state index in [1.54, 1.807) is 36.5 Å². The highest BCUT2D eigenvalue weighted by Crippen LogP contribution is 2.37. The van der Waals surface area contributed by atoms with Crippen LogP contribution in [0.1, 0.15) is 29.9 Å². The van der Waals surface area contributed by atoms with Crippen molar-refractivity contribution in [2.75, 3.05) is 15.5 Å². The van der Waals surface area contributed by atoms with Gasteiger partial charge < -0.3 is 15.5 Å². The van der Waals surface area contributed by atoms with Crippen molar-refractivity contribution in [2.24, 2.45) is 0 Å². The number of hydrogen-bond acceptors (Lipinski definition) is 4. The molecule has 2 amide bonds. The molecule has 1 unspecified atom stereocenters. The van der Waals surface area contributed by atoms with Crippen LogP contribution in [0.2, 0.25) is 0 Å². The maximum Gasteiger partial charge on any atom is 0.274 e. The summed E-state index contributed by atoms with van der Waals surface area (Å²) in [5.74, 6) is -0.463. The first kappa shape index (κ1) is 18.7. The van der Waals surface area contributed by atoms with Gasteiger partial charge in [-0.3, -0.25) is 9.59 Å². The molecule has 1 aliphatic rings. The molecule has 1 aliphatic heterocycles. The molecule has 0 spiro atoms. The van der Waals surface area contributed by atoms with E-state index in [2.05, 4.69) is 45.6 Å². The van der Waals surface area contributed by atoms with Crippen LogP contribution in [-0.4, -0.2) is 22.8 Å². The maximum absolute atomic E-state index is 12.6. The normalized spacial score (nSPS) is 15.0. The highest BCUT2D eigenvalue weighted by Gasteiger charge is 2.27. The molecule has 0 bridgehead atoms. The van der Waals surface area contributed by atoms with E-state index in [0.29, 0.717) is 23.1 Å². The second kappa shape index (κ2) is 7.75. The van der Waals surface area contributed by atoms with Gasteiger partial charge in [-0.05, 0) is 55.3 Å². The van der Waals surface area contributed by atoms with E-state index in [-0.39, 0.29) is 11.8 Å². The number of carbonyl (C=O) groups is 2. The van der Waals surface area contributed by atoms with Gasteiger partial charge in [0.1, 0.15) is 5.69 Å². The molecule has 1 aromatic heterocycles. The number of nitrogens with zero attached hydrogens (tertiary/aromatic N) is 2. The number of carbonyl (C=O) groups excluding carboxylic acids is 2. The van der Waals surface area contributed by atoms with E-state index in [1.165, 1.54) is 18.2 Å². The molecular formula is C23H22N4O2. The van der Waals surface area contributed by atoms with E-state index < -0.39 is 0 Å². The van der Waals surface area contributed by atoms with Crippen molar-refractivity contribution in [3.63, 3.8) is 0 Å². The van der Waals surface area contributed by atoms with Crippen molar-refractivity contribution in [2.45, 2.75) is 26.3 Å². The Morgan fingerprint density at radius 2 is 1.76 bits per heavy atom. The van der Waals surface area contributed by atoms with Gasteiger partial charge in [0.05, 0.1) is 11.9 Å². The quantitative estimate of drug-likeness (QED) is 0.698. The first-order valence-corrected chi connectivity index (χ1v) is 9.53. The third-order valence-corrected chi connectivity index (χ3v) is 4.91. The minimum Gasteiger partial charge on any atom is -0.337 e. The summed E-state index contributed by atoms with van der Waals surface area (Å²) in [6, 6.07) is 19.3. The van der Waals surface area contributed by atoms with E-state index in [1.807, 2.05) is 12.1 Å². The lowest BCUT2D eigenvalue weighted by molar-refractivity contribution is -0.114. The molecule has 3 aromatic rings. The van der Waals surface area contributed by atoms with Crippen LogP contribution < -0.4 is 15.5 Å². The van der Waals surface area contributed by atoms with Crippen LogP contribution in [0.25, 0.3) is 0 Å². The Labute approximate surface area is 169 Å². The molecule has 29 heavy (non-hydrogen) atoms. The van der Waals surface area contributed by atoms with Gasteiger partial charge in [0, 0.05) is 30.0 Å². The third-order valence-electron chi connectivity index (χ3n) is 4.91. The van der Waals surface area contributed by atoms with Gasteiger partial charge in [-0.1, -0.05) is 24.3 Å². The maximum atomic E-state index is 12.6. The van der Waals surface area contributed by atoms with Crippen LogP contribution in [0.5, 0.6) is 0 Å². The fraction of sp³-hybridized carbons (Fsp3) is 0.174. The molecule has 2 aromatic carbocycles. The molecule has 0 fully saturated rings. The number of nitrogens with one attached hydrogen (secondary N) is 2. The predicted molar refractivity (Wildman–Crippen MR) is 115 cm³/mol. The average Bonchev–Trinajstić information content (AvgIpc) is 3.03. The molecule has 0 aliphatic carbocycles. The molecule has 0 saturated heterocycles. The molecule has 2 heterocycles. The monoisotopic (exact) mass is 386 g/mol. The number of amides is 2. The molecule has 1 atom stereocenters. The first-order valence-electron chi connectivity index (χ1n) is 9.53. The fourth-order valence-electron chi connectivity index (χ4n) is 3.69. The Bertz CT molecular complexity index is 1060. The minimum atomic E-state index is -0.300. The van der Waals surface area contributed by atoms with Gasteiger partial charge >= 0.3 is 0 Å². The Morgan fingerprint density at radius 1 is 1.00 bits per heavy atom. The molecule has 146 valence electrons. The third kappa shape index (κ3) is 3.96. The zero-order valence-electron chi connectivity index (χ0n) is 16.3. The smallest absolute Gasteiger partial charge is 0.274 e. The summed E-state index contributed by atoms with van der Waals surface area (Å²) in [6.45, 7) is 3.62. The van der Waals surface area contributed by atoms with Crippen molar-refractivity contribution >= 4 is 34.6 Å². The summed E-state index contributed by atoms with van der Waals surface area (Å²) in [7, 11) is 0. The van der Waals surface area contributed by atoms with Crippen LogP contribution in [0.4, 0.5) is 22.7 Å². The summed E-state index contributed by atoms with van der Waals surface area (Å²) in [5.41, 5.74) is 5.02. The lowest BCUT2D eigenvalue weighted by Crippen LogP contribution is -2.24. The van der Waals surface area contributed by atoms with Gasteiger partial charge in [-0.2, -0.15) is 0 Å². The molecule has 0 radical (unpaired) electrons. The Balaban J connectivity index is 1.50. The Hall–Kier alpha value is -3.67. The van der Waals surface area contributed by atoms with Crippen LogP contribution in [-0.2, 0) is 11.2 Å². The largest absolute Gasteiger partial charge is 0.337 e. The van der Waals surface area contributed by atoms with Gasteiger partial charge in [0.2, 0.25) is 5.91 Å². The second-order valence-electron chi connectivity index (χ2n) is 7.17. The highest BCUT2D eigenvalue weighted by atomic mass is 16.2. The van der Waals surface area contributed by atoms with E-state index in [9.17, 15) is 9.59 Å². The fourth-order valence-corrected chi connectivity index (χ4v) is 3.69. The number of benzene rings is 2. The van der Waals surface area contributed by atoms with Crippen molar-refractivity contribution in [1.29, 1.82) is 0 Å². The van der Waals surface area contributed by atoms with Gasteiger partial charge in [0.25, 0.3) is 5.91 Å². The summed E-state index contributed by atoms with van der Waals surface area (Å²) >= 11 is 0. The molecule has 0 saturated carbocycles. The van der Waals surface area contributed by atoms with Crippen LogP contribution in [0.3, 0.4) is 0 Å². The second-order valence-corrected chi connectivity index (χ2v) is 7.17. The SMILES string of the molecule is CC(=O)Nc1cccc(NC(=O)c2ccc(N3c4ccccc4CC3C)cn2)c1. The summed E-state index contributed by atoms with van der Waals surface area (Å²) in [4.78, 5) is 30.4. The minimum absolute atomic E-state index is 0.163. The van der Waals surface area contributed by atoms with Crippen LogP contribution in [0, 0.1) is 0 Å². The van der Waals surface area contributed by atoms with E-state index in [0.717, 1.165) is 12.1 Å². The average molecular weight is 386 g/mol. The van der Waals surface area contributed by atoms with Crippen LogP contribution >= 0.6 is 0 Å². The zero-order valence-corrected chi connectivity index (χ0v) is 16.3. The highest BCUT2D eigenvalue weighted by molar-refractivity contribution is 6.03. The lowest BCUT2D eigenvalue weighted by Gasteiger charge is -2.24. The number of hydrogen-bond donors (Lipinski definition) is 2. The van der Waals surface area contributed by atoms with Gasteiger partial charge in [-0.25, -0.2) is 4.98 Å². The number of aromatic nitrogens is 1. The molecular weight excluding hydrogens is 364 g/mol. The number of anilines is 4. The summed E-state index contributed by atoms with van der Waals surface area (Å²) in [6.07, 6.45) is 2.73. The van der Waals surface area contributed by atoms with Gasteiger partial charge in [-0.15, -0.1) is 0 Å². The zero-order chi connectivity index (χ0) is 20.4. The molecule has 6 heteroatoms. The topological polar surface area (TPSA) is 74.3 Å². The summed E-state index contributed by atoms with van der Waals surface area (Å²) < 4.78 is 0. The number of pyridine rings is 1. The number of fused-ring (bicyclic) bond motifs is 1. The lowest BCUT2D eigenvalue weighted by atomic mass is 10.1. The van der Waals surface area contributed by atoms with E-state index in [4.69, 9.17) is 0 Å². The van der Waals surface area contributed by atoms with Crippen molar-refractivity contribution < 1.29 is 9.59 Å². The molecule has 6 nitrogen and oxygen atoms in total. The molecule has 4 rings (SSSR count). The number of rotatable bonds is 4. The van der Waals surface area contributed by atoms with Crippen molar-refractivity contribution in [3.8, 4) is 0 Å². The van der Waals surface area contributed by atoms with E-state index >= 15 is 0 Å². The Kier molecular flexibility index (Phi) is 4.99. The van der Waals surface area contributed by atoms with Crippen molar-refractivity contribution in [1.82, 2.24) is 4.98 Å². The predicted octanol–water partition coefficient (Wildman–Crippen LogP) is 4.38. The van der Waals surface area contributed by atoms with Gasteiger partial charge in [0.15, 0.2) is 0 Å². The van der Waals surface area contributed by atoms with Crippen molar-refractivity contribution in [3.05, 3.63) is 78.1 Å². The van der Waals surface area contributed by atoms with Crippen LogP contribution in [0.15, 0.2) is 66.9 Å². The standard InChI is InChI=1S/C23H22N4O2/c1-15-12-17-6-3-4-9-22(17)27(15)20-10-11-21(24-14-20)23(29)26-19-8-5-7-18(13-19)25-16(2)28/h3-11,13-15H,12H2,1-2H3,(H,25,28)(H,26,29). The first-order chi connectivity index (χ1) is 14.0. The molecule has 2 N–H and O–H groups in total.